The van der Waals surface area contributed by atoms with Crippen molar-refractivity contribution in [3.05, 3.63) is 83.9 Å². The molecule has 0 unspecified atom stereocenters. The van der Waals surface area contributed by atoms with E-state index in [1.54, 1.807) is 24.5 Å². The Morgan fingerprint density at radius 1 is 0.960 bits per heavy atom. The monoisotopic (exact) mass is 335 g/mol. The number of halogens is 1. The van der Waals surface area contributed by atoms with E-state index in [1.165, 1.54) is 11.6 Å². The predicted molar refractivity (Wildman–Crippen MR) is 99.5 cm³/mol. The molecule has 3 aromatic rings. The lowest BCUT2D eigenvalue weighted by molar-refractivity contribution is 0.450. The van der Waals surface area contributed by atoms with Crippen molar-refractivity contribution in [1.82, 2.24) is 9.97 Å². The maximum absolute atomic E-state index is 14.5. The molecule has 0 saturated carbocycles. The zero-order valence-electron chi connectivity index (χ0n) is 14.5. The Morgan fingerprint density at radius 2 is 1.68 bits per heavy atom. The van der Waals surface area contributed by atoms with Gasteiger partial charge >= 0.3 is 0 Å². The standard InChI is InChI=1S/C21H22FN3/c1-21(2,12-11-16-7-4-3-5-8-16)18-15-17(9-10-19(18)22)25-20-23-13-6-14-24-20/h3-10,13-15H,11-12H2,1-2H3,(H,23,24,25). The Balaban J connectivity index is 1.78. The van der Waals surface area contributed by atoms with Crippen LogP contribution in [0.25, 0.3) is 0 Å². The first-order valence-electron chi connectivity index (χ1n) is 8.43. The van der Waals surface area contributed by atoms with Crippen LogP contribution in [0.1, 0.15) is 31.4 Å². The topological polar surface area (TPSA) is 37.8 Å². The summed E-state index contributed by atoms with van der Waals surface area (Å²) in [5.41, 5.74) is 2.47. The minimum absolute atomic E-state index is 0.183. The zero-order valence-corrected chi connectivity index (χ0v) is 14.5. The van der Waals surface area contributed by atoms with Gasteiger partial charge in [-0.15, -0.1) is 0 Å². The summed E-state index contributed by atoms with van der Waals surface area (Å²) in [6.45, 7) is 4.16. The summed E-state index contributed by atoms with van der Waals surface area (Å²) in [6.07, 6.45) is 5.11. The van der Waals surface area contributed by atoms with E-state index in [0.717, 1.165) is 18.5 Å². The van der Waals surface area contributed by atoms with Gasteiger partial charge in [-0.2, -0.15) is 0 Å². The van der Waals surface area contributed by atoms with Crippen LogP contribution in [0.2, 0.25) is 0 Å². The number of aromatic nitrogens is 2. The second kappa shape index (κ2) is 7.43. The highest BCUT2D eigenvalue weighted by atomic mass is 19.1. The van der Waals surface area contributed by atoms with Crippen LogP contribution >= 0.6 is 0 Å². The smallest absolute Gasteiger partial charge is 0.227 e. The fourth-order valence-electron chi connectivity index (χ4n) is 2.85. The normalized spacial score (nSPS) is 11.3. The van der Waals surface area contributed by atoms with Gasteiger partial charge in [0, 0.05) is 18.1 Å². The molecular formula is C21H22FN3. The van der Waals surface area contributed by atoms with Crippen molar-refractivity contribution in [2.24, 2.45) is 0 Å². The van der Waals surface area contributed by atoms with Gasteiger partial charge in [-0.3, -0.25) is 0 Å². The molecule has 0 spiro atoms. The SMILES string of the molecule is CC(C)(CCc1ccccc1)c1cc(Nc2ncccn2)ccc1F. The molecule has 3 nitrogen and oxygen atoms in total. The van der Waals surface area contributed by atoms with Gasteiger partial charge in [0.05, 0.1) is 0 Å². The number of hydrogen-bond donors (Lipinski definition) is 1. The van der Waals surface area contributed by atoms with Gasteiger partial charge in [0.25, 0.3) is 0 Å². The highest BCUT2D eigenvalue weighted by molar-refractivity contribution is 5.55. The van der Waals surface area contributed by atoms with E-state index in [1.807, 2.05) is 24.3 Å². The molecule has 0 radical (unpaired) electrons. The Labute approximate surface area is 148 Å². The first-order chi connectivity index (χ1) is 12.0. The van der Waals surface area contributed by atoms with E-state index in [9.17, 15) is 4.39 Å². The van der Waals surface area contributed by atoms with E-state index < -0.39 is 0 Å². The highest BCUT2D eigenvalue weighted by Gasteiger charge is 2.24. The molecule has 0 atom stereocenters. The van der Waals surface area contributed by atoms with Gasteiger partial charge in [0.2, 0.25) is 5.95 Å². The Bertz CT molecular complexity index is 817. The molecule has 0 bridgehead atoms. The number of nitrogens with one attached hydrogen (secondary N) is 1. The molecular weight excluding hydrogens is 313 g/mol. The van der Waals surface area contributed by atoms with Crippen LogP contribution in [0, 0.1) is 5.82 Å². The van der Waals surface area contributed by atoms with E-state index in [0.29, 0.717) is 11.5 Å². The summed E-state index contributed by atoms with van der Waals surface area (Å²) in [4.78, 5) is 8.30. The Morgan fingerprint density at radius 3 is 2.40 bits per heavy atom. The van der Waals surface area contributed by atoms with Gasteiger partial charge in [-0.1, -0.05) is 44.2 Å². The van der Waals surface area contributed by atoms with Gasteiger partial charge < -0.3 is 5.32 Å². The lowest BCUT2D eigenvalue weighted by Gasteiger charge is -2.26. The maximum atomic E-state index is 14.5. The van der Waals surface area contributed by atoms with Crippen molar-refractivity contribution in [1.29, 1.82) is 0 Å². The van der Waals surface area contributed by atoms with Gasteiger partial charge in [0.15, 0.2) is 0 Å². The molecule has 1 aromatic heterocycles. The van der Waals surface area contributed by atoms with Crippen LogP contribution in [0.15, 0.2) is 67.0 Å². The third kappa shape index (κ3) is 4.41. The summed E-state index contributed by atoms with van der Waals surface area (Å²) >= 11 is 0. The number of rotatable bonds is 6. The van der Waals surface area contributed by atoms with Crippen LogP contribution in [0.3, 0.4) is 0 Å². The maximum Gasteiger partial charge on any atom is 0.227 e. The van der Waals surface area contributed by atoms with Crippen molar-refractivity contribution in [3.63, 3.8) is 0 Å². The molecule has 128 valence electrons. The molecule has 1 heterocycles. The largest absolute Gasteiger partial charge is 0.324 e. The van der Waals surface area contributed by atoms with Crippen LogP contribution in [0.5, 0.6) is 0 Å². The number of anilines is 2. The summed E-state index contributed by atoms with van der Waals surface area (Å²) in [6, 6.07) is 17.1. The van der Waals surface area contributed by atoms with Gasteiger partial charge in [-0.25, -0.2) is 14.4 Å². The fraction of sp³-hybridized carbons (Fsp3) is 0.238. The first kappa shape index (κ1) is 17.1. The molecule has 0 aliphatic rings. The number of benzene rings is 2. The van der Waals surface area contributed by atoms with E-state index in [-0.39, 0.29) is 11.2 Å². The summed E-state index contributed by atoms with van der Waals surface area (Å²) in [5.74, 6) is 0.319. The van der Waals surface area contributed by atoms with E-state index in [4.69, 9.17) is 0 Å². The van der Waals surface area contributed by atoms with Crippen molar-refractivity contribution in [3.8, 4) is 0 Å². The number of aryl methyl sites for hydroxylation is 1. The molecule has 1 N–H and O–H groups in total. The quantitative estimate of drug-likeness (QED) is 0.667. The van der Waals surface area contributed by atoms with Gasteiger partial charge in [0.1, 0.15) is 5.82 Å². The third-order valence-corrected chi connectivity index (χ3v) is 4.40. The van der Waals surface area contributed by atoms with Crippen molar-refractivity contribution >= 4 is 11.6 Å². The summed E-state index contributed by atoms with van der Waals surface area (Å²) in [5, 5.41) is 3.13. The highest BCUT2D eigenvalue weighted by Crippen LogP contribution is 2.33. The molecule has 0 amide bonds. The molecule has 2 aromatic carbocycles. The Kier molecular flexibility index (Phi) is 5.08. The zero-order chi connectivity index (χ0) is 17.7. The average molecular weight is 335 g/mol. The number of nitrogens with zero attached hydrogens (tertiary/aromatic N) is 2. The molecule has 0 saturated heterocycles. The average Bonchev–Trinajstić information content (AvgIpc) is 2.63. The van der Waals surface area contributed by atoms with Crippen LogP contribution in [0.4, 0.5) is 16.0 Å². The lowest BCUT2D eigenvalue weighted by Crippen LogP contribution is -2.20. The van der Waals surface area contributed by atoms with Crippen LogP contribution < -0.4 is 5.32 Å². The molecule has 0 aliphatic heterocycles. The first-order valence-corrected chi connectivity index (χ1v) is 8.43. The molecule has 0 aliphatic carbocycles. The van der Waals surface area contributed by atoms with Crippen LogP contribution in [-0.2, 0) is 11.8 Å². The second-order valence-electron chi connectivity index (χ2n) is 6.76. The van der Waals surface area contributed by atoms with Crippen LogP contribution in [-0.4, -0.2) is 9.97 Å². The molecule has 4 heteroatoms. The lowest BCUT2D eigenvalue weighted by atomic mass is 9.79. The molecule has 0 fully saturated rings. The summed E-state index contributed by atoms with van der Waals surface area (Å²) < 4.78 is 14.5. The van der Waals surface area contributed by atoms with Crippen molar-refractivity contribution in [2.75, 3.05) is 5.32 Å². The third-order valence-electron chi connectivity index (χ3n) is 4.40. The summed E-state index contributed by atoms with van der Waals surface area (Å²) in [7, 11) is 0. The minimum atomic E-state index is -0.283. The minimum Gasteiger partial charge on any atom is -0.324 e. The fourth-order valence-corrected chi connectivity index (χ4v) is 2.85. The van der Waals surface area contributed by atoms with E-state index >= 15 is 0 Å². The van der Waals surface area contributed by atoms with Gasteiger partial charge in [-0.05, 0) is 53.6 Å². The molecule has 3 rings (SSSR count). The second-order valence-corrected chi connectivity index (χ2v) is 6.76. The molecule has 25 heavy (non-hydrogen) atoms. The van der Waals surface area contributed by atoms with Crippen molar-refractivity contribution < 1.29 is 4.39 Å². The Hall–Kier alpha value is -2.75. The predicted octanol–water partition coefficient (Wildman–Crippen LogP) is 5.27. The number of hydrogen-bond acceptors (Lipinski definition) is 3. The van der Waals surface area contributed by atoms with Crippen molar-refractivity contribution in [2.45, 2.75) is 32.1 Å². The van der Waals surface area contributed by atoms with E-state index in [2.05, 4.69) is 41.3 Å².